The van der Waals surface area contributed by atoms with E-state index in [4.69, 9.17) is 4.52 Å². The lowest BCUT2D eigenvalue weighted by Crippen LogP contribution is -1.98. The molecule has 3 aromatic rings. The number of aromatic nitrogens is 3. The summed E-state index contributed by atoms with van der Waals surface area (Å²) in [5.74, 6) is 1.59. The second kappa shape index (κ2) is 5.77. The molecule has 0 spiro atoms. The number of rotatable bonds is 4. The van der Waals surface area contributed by atoms with Gasteiger partial charge in [-0.25, -0.2) is 4.98 Å². The van der Waals surface area contributed by atoms with Crippen molar-refractivity contribution in [3.05, 3.63) is 59.2 Å². The molecule has 1 aromatic carbocycles. The number of imidazole rings is 1. The average molecular weight is 299 g/mol. The molecule has 0 bridgehead atoms. The van der Waals surface area contributed by atoms with Crippen molar-refractivity contribution in [1.29, 1.82) is 0 Å². The van der Waals surface area contributed by atoms with Crippen molar-refractivity contribution in [2.45, 2.75) is 31.7 Å². The van der Waals surface area contributed by atoms with Crippen LogP contribution in [0.25, 0.3) is 5.69 Å². The molecule has 3 rings (SSSR count). The highest BCUT2D eigenvalue weighted by Crippen LogP contribution is 2.26. The Bertz CT molecular complexity index is 760. The maximum Gasteiger partial charge on any atom is 0.173 e. The van der Waals surface area contributed by atoms with Gasteiger partial charge in [-0.15, -0.1) is 0 Å². The largest absolute Gasteiger partial charge is 0.360 e. The lowest BCUT2D eigenvalue weighted by Gasteiger charge is -2.10. The molecule has 0 N–H and O–H groups in total. The van der Waals surface area contributed by atoms with Crippen molar-refractivity contribution in [2.75, 3.05) is 0 Å². The molecule has 21 heavy (non-hydrogen) atoms. The smallest absolute Gasteiger partial charge is 0.173 e. The van der Waals surface area contributed by atoms with E-state index in [1.54, 1.807) is 11.8 Å². The zero-order valence-electron chi connectivity index (χ0n) is 12.3. The van der Waals surface area contributed by atoms with Gasteiger partial charge in [0.25, 0.3) is 0 Å². The summed E-state index contributed by atoms with van der Waals surface area (Å²) in [5, 5.41) is 4.86. The number of nitrogens with zero attached hydrogens (tertiary/aromatic N) is 3. The standard InChI is InChI=1S/C16H17N3OS/c1-11-4-5-15(12(2)8-11)19-7-6-17-16(19)21-10-14-9-13(3)18-20-14/h4-9H,10H2,1-3H3. The van der Waals surface area contributed by atoms with Crippen LogP contribution in [0.2, 0.25) is 0 Å². The molecule has 0 aliphatic carbocycles. The second-order valence-corrected chi connectivity index (χ2v) is 6.04. The van der Waals surface area contributed by atoms with Crippen molar-refractivity contribution >= 4 is 11.8 Å². The summed E-state index contributed by atoms with van der Waals surface area (Å²) in [6.45, 7) is 6.15. The predicted molar refractivity (Wildman–Crippen MR) is 83.8 cm³/mol. The number of aryl methyl sites for hydroxylation is 3. The predicted octanol–water partition coefficient (Wildman–Crippen LogP) is 4.08. The van der Waals surface area contributed by atoms with Crippen LogP contribution in [0.4, 0.5) is 0 Å². The fraction of sp³-hybridized carbons (Fsp3) is 0.250. The van der Waals surface area contributed by atoms with Crippen LogP contribution in [0.15, 0.2) is 46.3 Å². The number of hydrogen-bond acceptors (Lipinski definition) is 4. The van der Waals surface area contributed by atoms with E-state index in [1.807, 2.05) is 25.4 Å². The Hall–Kier alpha value is -2.01. The molecular formula is C16H17N3OS. The zero-order chi connectivity index (χ0) is 14.8. The van der Waals surface area contributed by atoms with Crippen LogP contribution in [-0.2, 0) is 5.75 Å². The molecule has 0 unspecified atom stereocenters. The first kappa shape index (κ1) is 13.9. The van der Waals surface area contributed by atoms with E-state index < -0.39 is 0 Å². The van der Waals surface area contributed by atoms with Crippen molar-refractivity contribution in [3.63, 3.8) is 0 Å². The maximum absolute atomic E-state index is 5.24. The van der Waals surface area contributed by atoms with Gasteiger partial charge in [-0.1, -0.05) is 34.6 Å². The van der Waals surface area contributed by atoms with Crippen LogP contribution >= 0.6 is 11.8 Å². The Morgan fingerprint density at radius 1 is 1.19 bits per heavy atom. The number of hydrogen-bond donors (Lipinski definition) is 0. The summed E-state index contributed by atoms with van der Waals surface area (Å²) in [4.78, 5) is 4.44. The minimum absolute atomic E-state index is 0.725. The van der Waals surface area contributed by atoms with Crippen LogP contribution in [-0.4, -0.2) is 14.7 Å². The summed E-state index contributed by atoms with van der Waals surface area (Å²) in [7, 11) is 0. The van der Waals surface area contributed by atoms with Crippen molar-refractivity contribution in [2.24, 2.45) is 0 Å². The third-order valence-electron chi connectivity index (χ3n) is 3.24. The first-order valence-electron chi connectivity index (χ1n) is 6.79. The van der Waals surface area contributed by atoms with Crippen LogP contribution in [0.1, 0.15) is 22.6 Å². The van der Waals surface area contributed by atoms with Gasteiger partial charge in [-0.2, -0.15) is 0 Å². The van der Waals surface area contributed by atoms with E-state index in [-0.39, 0.29) is 0 Å². The first-order chi connectivity index (χ1) is 10.1. The maximum atomic E-state index is 5.24. The van der Waals surface area contributed by atoms with Gasteiger partial charge in [0.2, 0.25) is 0 Å². The highest BCUT2D eigenvalue weighted by Gasteiger charge is 2.10. The zero-order valence-corrected chi connectivity index (χ0v) is 13.1. The van der Waals surface area contributed by atoms with Crippen LogP contribution in [0, 0.1) is 20.8 Å². The molecule has 0 saturated carbocycles. The molecule has 2 heterocycles. The molecule has 0 atom stereocenters. The summed E-state index contributed by atoms with van der Waals surface area (Å²) in [6.07, 6.45) is 3.82. The van der Waals surface area contributed by atoms with Gasteiger partial charge >= 0.3 is 0 Å². The lowest BCUT2D eigenvalue weighted by atomic mass is 10.1. The van der Waals surface area contributed by atoms with Crippen LogP contribution in [0.5, 0.6) is 0 Å². The molecule has 2 aromatic heterocycles. The Kier molecular flexibility index (Phi) is 3.84. The molecule has 5 heteroatoms. The minimum atomic E-state index is 0.725. The summed E-state index contributed by atoms with van der Waals surface area (Å²) >= 11 is 1.65. The fourth-order valence-electron chi connectivity index (χ4n) is 2.28. The SMILES string of the molecule is Cc1ccc(-n2ccnc2SCc2cc(C)no2)c(C)c1. The van der Waals surface area contributed by atoms with Gasteiger partial charge in [0.1, 0.15) is 5.76 Å². The van der Waals surface area contributed by atoms with E-state index in [2.05, 4.69) is 46.8 Å². The molecule has 0 saturated heterocycles. The second-order valence-electron chi connectivity index (χ2n) is 5.09. The third kappa shape index (κ3) is 3.03. The molecule has 0 amide bonds. The molecule has 4 nitrogen and oxygen atoms in total. The summed E-state index contributed by atoms with van der Waals surface area (Å²) < 4.78 is 7.35. The average Bonchev–Trinajstić information content (AvgIpc) is 3.05. The van der Waals surface area contributed by atoms with E-state index in [9.17, 15) is 0 Å². The van der Waals surface area contributed by atoms with E-state index >= 15 is 0 Å². The molecule has 0 aliphatic heterocycles. The Labute approximate surface area is 128 Å². The molecular weight excluding hydrogens is 282 g/mol. The lowest BCUT2D eigenvalue weighted by molar-refractivity contribution is 0.391. The van der Waals surface area contributed by atoms with Crippen molar-refractivity contribution in [3.8, 4) is 5.69 Å². The van der Waals surface area contributed by atoms with E-state index in [0.717, 1.165) is 28.1 Å². The van der Waals surface area contributed by atoms with Crippen molar-refractivity contribution in [1.82, 2.24) is 14.7 Å². The normalized spacial score (nSPS) is 11.0. The van der Waals surface area contributed by atoms with Gasteiger partial charge < -0.3 is 4.52 Å². The van der Waals surface area contributed by atoms with Gasteiger partial charge in [-0.05, 0) is 32.4 Å². The van der Waals surface area contributed by atoms with Crippen molar-refractivity contribution < 1.29 is 4.52 Å². The Morgan fingerprint density at radius 2 is 2.05 bits per heavy atom. The Balaban J connectivity index is 1.83. The fourth-order valence-corrected chi connectivity index (χ4v) is 3.12. The van der Waals surface area contributed by atoms with E-state index in [1.165, 1.54) is 11.1 Å². The number of benzene rings is 1. The quantitative estimate of drug-likeness (QED) is 0.681. The first-order valence-corrected chi connectivity index (χ1v) is 7.78. The molecule has 0 fully saturated rings. The third-order valence-corrected chi connectivity index (χ3v) is 4.23. The van der Waals surface area contributed by atoms with Gasteiger partial charge in [0.15, 0.2) is 5.16 Å². The molecule has 0 radical (unpaired) electrons. The van der Waals surface area contributed by atoms with Gasteiger partial charge in [0.05, 0.1) is 17.1 Å². The van der Waals surface area contributed by atoms with E-state index in [0.29, 0.717) is 0 Å². The minimum Gasteiger partial charge on any atom is -0.360 e. The summed E-state index contributed by atoms with van der Waals surface area (Å²) in [5.41, 5.74) is 4.57. The highest BCUT2D eigenvalue weighted by atomic mass is 32.2. The van der Waals surface area contributed by atoms with Crippen LogP contribution in [0.3, 0.4) is 0 Å². The monoisotopic (exact) mass is 299 g/mol. The van der Waals surface area contributed by atoms with Crippen LogP contribution < -0.4 is 0 Å². The highest BCUT2D eigenvalue weighted by molar-refractivity contribution is 7.98. The topological polar surface area (TPSA) is 43.9 Å². The van der Waals surface area contributed by atoms with Gasteiger partial charge in [-0.3, -0.25) is 4.57 Å². The van der Waals surface area contributed by atoms with Gasteiger partial charge in [0, 0.05) is 18.5 Å². The summed E-state index contributed by atoms with van der Waals surface area (Å²) in [6, 6.07) is 8.40. The molecule has 0 aliphatic rings. The molecule has 108 valence electrons. The number of thioether (sulfide) groups is 1. The Morgan fingerprint density at radius 3 is 2.76 bits per heavy atom.